The van der Waals surface area contributed by atoms with E-state index in [1.165, 1.54) is 10.9 Å². The van der Waals surface area contributed by atoms with Crippen molar-refractivity contribution in [3.05, 3.63) is 52.1 Å². The summed E-state index contributed by atoms with van der Waals surface area (Å²) in [5.74, 6) is 0. The Balaban J connectivity index is 1.88. The molecule has 0 radical (unpaired) electrons. The molecule has 3 N–H and O–H groups in total. The maximum absolute atomic E-state index is 6.22. The second kappa shape index (κ2) is 4.55. The zero-order chi connectivity index (χ0) is 12.5. The molecular formula is C14H15N3S. The van der Waals surface area contributed by atoms with Gasteiger partial charge in [0.2, 0.25) is 0 Å². The van der Waals surface area contributed by atoms with E-state index in [2.05, 4.69) is 28.2 Å². The third-order valence-electron chi connectivity index (χ3n) is 3.07. The van der Waals surface area contributed by atoms with Crippen molar-refractivity contribution in [2.24, 2.45) is 5.73 Å². The van der Waals surface area contributed by atoms with Crippen LogP contribution < -0.4 is 5.73 Å². The maximum atomic E-state index is 6.22. The molecule has 0 aliphatic heterocycles. The van der Waals surface area contributed by atoms with Gasteiger partial charge in [0.1, 0.15) is 5.01 Å². The molecule has 0 saturated heterocycles. The molecule has 0 amide bonds. The van der Waals surface area contributed by atoms with Crippen molar-refractivity contribution in [2.75, 3.05) is 0 Å². The van der Waals surface area contributed by atoms with E-state index in [4.69, 9.17) is 5.73 Å². The molecule has 0 fully saturated rings. The van der Waals surface area contributed by atoms with Crippen LogP contribution in [-0.4, -0.2) is 9.97 Å². The van der Waals surface area contributed by atoms with Crippen LogP contribution in [0.1, 0.15) is 22.3 Å². The number of para-hydroxylation sites is 1. The summed E-state index contributed by atoms with van der Waals surface area (Å²) < 4.78 is 0. The Morgan fingerprint density at radius 3 is 3.00 bits per heavy atom. The standard InChI is InChI=1S/C14H15N3S/c1-9-8-18-14(17-9)12(15)6-10-7-16-13-5-3-2-4-11(10)13/h2-5,7-8,12,16H,6,15H2,1H3/t12-/m0/s1. The first-order chi connectivity index (χ1) is 8.74. The Morgan fingerprint density at radius 2 is 2.22 bits per heavy atom. The number of thiazole rings is 1. The summed E-state index contributed by atoms with van der Waals surface area (Å²) in [5, 5.41) is 4.31. The van der Waals surface area contributed by atoms with Gasteiger partial charge in [-0.25, -0.2) is 4.98 Å². The van der Waals surface area contributed by atoms with E-state index in [-0.39, 0.29) is 6.04 Å². The SMILES string of the molecule is Cc1csc([C@@H](N)Cc2c[nH]c3ccccc23)n1. The quantitative estimate of drug-likeness (QED) is 0.757. The number of hydrogen-bond acceptors (Lipinski definition) is 3. The van der Waals surface area contributed by atoms with Gasteiger partial charge in [0.25, 0.3) is 0 Å². The van der Waals surface area contributed by atoms with Crippen molar-refractivity contribution in [3.8, 4) is 0 Å². The first kappa shape index (κ1) is 11.4. The Bertz CT molecular complexity index is 668. The molecule has 0 spiro atoms. The van der Waals surface area contributed by atoms with Gasteiger partial charge in [-0.2, -0.15) is 0 Å². The molecule has 18 heavy (non-hydrogen) atoms. The third-order valence-corrected chi connectivity index (χ3v) is 4.16. The smallest absolute Gasteiger partial charge is 0.110 e. The fraction of sp³-hybridized carbons (Fsp3) is 0.214. The highest BCUT2D eigenvalue weighted by molar-refractivity contribution is 7.09. The molecular weight excluding hydrogens is 242 g/mol. The van der Waals surface area contributed by atoms with E-state index in [9.17, 15) is 0 Å². The van der Waals surface area contributed by atoms with E-state index < -0.39 is 0 Å². The van der Waals surface area contributed by atoms with Crippen molar-refractivity contribution >= 4 is 22.2 Å². The van der Waals surface area contributed by atoms with Crippen molar-refractivity contribution in [3.63, 3.8) is 0 Å². The second-order valence-corrected chi connectivity index (χ2v) is 5.39. The number of aromatic amines is 1. The van der Waals surface area contributed by atoms with E-state index in [0.29, 0.717) is 0 Å². The minimum atomic E-state index is -0.0251. The lowest BCUT2D eigenvalue weighted by Gasteiger charge is -2.07. The van der Waals surface area contributed by atoms with Crippen LogP contribution in [0.3, 0.4) is 0 Å². The number of aryl methyl sites for hydroxylation is 1. The molecule has 0 aliphatic carbocycles. The number of aromatic nitrogens is 2. The summed E-state index contributed by atoms with van der Waals surface area (Å²) in [6, 6.07) is 8.27. The van der Waals surface area contributed by atoms with E-state index >= 15 is 0 Å². The molecule has 3 rings (SSSR count). The summed E-state index contributed by atoms with van der Waals surface area (Å²) in [7, 11) is 0. The van der Waals surface area contributed by atoms with Gasteiger partial charge in [0, 0.05) is 28.2 Å². The van der Waals surface area contributed by atoms with Gasteiger partial charge in [0.15, 0.2) is 0 Å². The molecule has 0 bridgehead atoms. The number of nitrogens with zero attached hydrogens (tertiary/aromatic N) is 1. The first-order valence-electron chi connectivity index (χ1n) is 5.96. The number of nitrogens with two attached hydrogens (primary N) is 1. The molecule has 0 unspecified atom stereocenters. The molecule has 2 heterocycles. The molecule has 0 aliphatic rings. The predicted molar refractivity (Wildman–Crippen MR) is 75.8 cm³/mol. The zero-order valence-electron chi connectivity index (χ0n) is 10.2. The number of fused-ring (bicyclic) bond motifs is 1. The van der Waals surface area contributed by atoms with Gasteiger partial charge in [0.05, 0.1) is 6.04 Å². The molecule has 92 valence electrons. The first-order valence-corrected chi connectivity index (χ1v) is 6.84. The van der Waals surface area contributed by atoms with E-state index in [0.717, 1.165) is 22.6 Å². The van der Waals surface area contributed by atoms with Gasteiger partial charge >= 0.3 is 0 Å². The summed E-state index contributed by atoms with van der Waals surface area (Å²) in [5.41, 5.74) is 9.69. The van der Waals surface area contributed by atoms with Crippen LogP contribution in [0.25, 0.3) is 10.9 Å². The number of benzene rings is 1. The summed E-state index contributed by atoms with van der Waals surface area (Å²) in [4.78, 5) is 7.73. The molecule has 0 saturated carbocycles. The number of rotatable bonds is 3. The molecule has 3 nitrogen and oxygen atoms in total. The van der Waals surface area contributed by atoms with Crippen molar-refractivity contribution in [2.45, 2.75) is 19.4 Å². The largest absolute Gasteiger partial charge is 0.361 e. The van der Waals surface area contributed by atoms with Crippen LogP contribution in [0, 0.1) is 6.92 Å². The minimum Gasteiger partial charge on any atom is -0.361 e. The van der Waals surface area contributed by atoms with Crippen LogP contribution in [0.15, 0.2) is 35.8 Å². The average Bonchev–Trinajstić information content (AvgIpc) is 2.97. The van der Waals surface area contributed by atoms with Crippen LogP contribution in [0.2, 0.25) is 0 Å². The average molecular weight is 257 g/mol. The molecule has 1 atom stereocenters. The zero-order valence-corrected chi connectivity index (χ0v) is 11.0. The van der Waals surface area contributed by atoms with Crippen LogP contribution in [-0.2, 0) is 6.42 Å². The van der Waals surface area contributed by atoms with Gasteiger partial charge in [-0.15, -0.1) is 11.3 Å². The summed E-state index contributed by atoms with van der Waals surface area (Å²) in [6.07, 6.45) is 2.86. The highest BCUT2D eigenvalue weighted by Gasteiger charge is 2.13. The lowest BCUT2D eigenvalue weighted by molar-refractivity contribution is 0.716. The lowest BCUT2D eigenvalue weighted by atomic mass is 10.1. The Kier molecular flexibility index (Phi) is 2.89. The van der Waals surface area contributed by atoms with Crippen molar-refractivity contribution in [1.82, 2.24) is 9.97 Å². The van der Waals surface area contributed by atoms with Crippen LogP contribution >= 0.6 is 11.3 Å². The van der Waals surface area contributed by atoms with Crippen LogP contribution in [0.4, 0.5) is 0 Å². The molecule has 4 heteroatoms. The summed E-state index contributed by atoms with van der Waals surface area (Å²) in [6.45, 7) is 2.00. The Morgan fingerprint density at radius 1 is 1.39 bits per heavy atom. The third kappa shape index (κ3) is 2.05. The van der Waals surface area contributed by atoms with Gasteiger partial charge < -0.3 is 10.7 Å². The minimum absolute atomic E-state index is 0.0251. The topological polar surface area (TPSA) is 54.7 Å². The Hall–Kier alpha value is -1.65. The fourth-order valence-electron chi connectivity index (χ4n) is 2.17. The van der Waals surface area contributed by atoms with E-state index in [1.54, 1.807) is 11.3 Å². The number of hydrogen-bond donors (Lipinski definition) is 2. The van der Waals surface area contributed by atoms with Crippen molar-refractivity contribution in [1.29, 1.82) is 0 Å². The normalized spacial score (nSPS) is 13.0. The highest BCUT2D eigenvalue weighted by Crippen LogP contribution is 2.24. The second-order valence-electron chi connectivity index (χ2n) is 4.50. The summed E-state index contributed by atoms with van der Waals surface area (Å²) >= 11 is 1.64. The molecule has 1 aromatic carbocycles. The van der Waals surface area contributed by atoms with Gasteiger partial charge in [-0.1, -0.05) is 18.2 Å². The van der Waals surface area contributed by atoms with Crippen LogP contribution in [0.5, 0.6) is 0 Å². The lowest BCUT2D eigenvalue weighted by Crippen LogP contribution is -2.12. The highest BCUT2D eigenvalue weighted by atomic mass is 32.1. The van der Waals surface area contributed by atoms with Crippen molar-refractivity contribution < 1.29 is 0 Å². The monoisotopic (exact) mass is 257 g/mol. The number of nitrogens with one attached hydrogen (secondary N) is 1. The predicted octanol–water partition coefficient (Wildman–Crippen LogP) is 3.18. The molecule has 2 aromatic heterocycles. The van der Waals surface area contributed by atoms with Gasteiger partial charge in [-0.3, -0.25) is 0 Å². The van der Waals surface area contributed by atoms with Gasteiger partial charge in [-0.05, 0) is 25.0 Å². The van der Waals surface area contributed by atoms with E-state index in [1.807, 2.05) is 24.6 Å². The molecule has 3 aromatic rings. The Labute approximate surface area is 110 Å². The maximum Gasteiger partial charge on any atom is 0.110 e. The number of H-pyrrole nitrogens is 1. The fourth-order valence-corrected chi connectivity index (χ4v) is 2.97.